The van der Waals surface area contributed by atoms with E-state index in [4.69, 9.17) is 4.43 Å². The molecule has 0 aliphatic heterocycles. The van der Waals surface area contributed by atoms with Crippen LogP contribution < -0.4 is 0 Å². The van der Waals surface area contributed by atoms with E-state index in [1.807, 2.05) is 12.5 Å². The minimum atomic E-state index is -1.84. The summed E-state index contributed by atoms with van der Waals surface area (Å²) in [5, 5.41) is 2.40. The Bertz CT molecular complexity index is 732. The molecule has 0 amide bonds. The highest BCUT2D eigenvalue weighted by molar-refractivity contribution is 9.11. The van der Waals surface area contributed by atoms with Gasteiger partial charge < -0.3 is 8.99 Å². The lowest BCUT2D eigenvalue weighted by Gasteiger charge is -2.43. The van der Waals surface area contributed by atoms with Gasteiger partial charge in [-0.05, 0) is 70.7 Å². The molecule has 2 atom stereocenters. The van der Waals surface area contributed by atoms with Crippen molar-refractivity contribution in [2.75, 3.05) is 0 Å². The fourth-order valence-electron chi connectivity index (χ4n) is 4.02. The third-order valence-corrected chi connectivity index (χ3v) is 13.0. The maximum atomic E-state index is 7.10. The van der Waals surface area contributed by atoms with Gasteiger partial charge in [-0.15, -0.1) is 11.3 Å². The Morgan fingerprint density at radius 1 is 1.29 bits per heavy atom. The molecule has 0 bridgehead atoms. The molecule has 1 fully saturated rings. The van der Waals surface area contributed by atoms with E-state index < -0.39 is 8.32 Å². The molecule has 3 nitrogen and oxygen atoms in total. The van der Waals surface area contributed by atoms with Gasteiger partial charge >= 0.3 is 0 Å². The summed E-state index contributed by atoms with van der Waals surface area (Å²) in [6, 6.07) is 2.52. The molecule has 2 aromatic rings. The van der Waals surface area contributed by atoms with Gasteiger partial charge in [0.15, 0.2) is 8.32 Å². The zero-order valence-electron chi connectivity index (χ0n) is 18.0. The summed E-state index contributed by atoms with van der Waals surface area (Å²) in [5.41, 5.74) is 1.35. The lowest BCUT2D eigenvalue weighted by Crippen LogP contribution is -2.46. The second-order valence-corrected chi connectivity index (χ2v) is 16.7. The monoisotopic (exact) mass is 482 g/mol. The first-order valence-electron chi connectivity index (χ1n) is 10.6. The van der Waals surface area contributed by atoms with Crippen molar-refractivity contribution in [2.45, 2.75) is 89.6 Å². The predicted octanol–water partition coefficient (Wildman–Crippen LogP) is 7.66. The van der Waals surface area contributed by atoms with Gasteiger partial charge in [0, 0.05) is 18.0 Å². The molecule has 3 rings (SSSR count). The Kier molecular flexibility index (Phi) is 7.27. The lowest BCUT2D eigenvalue weighted by atomic mass is 9.82. The van der Waals surface area contributed by atoms with Crippen molar-refractivity contribution >= 4 is 35.6 Å². The van der Waals surface area contributed by atoms with E-state index in [-0.39, 0.29) is 11.1 Å². The van der Waals surface area contributed by atoms with Crippen LogP contribution in [0.3, 0.4) is 0 Å². The Morgan fingerprint density at radius 2 is 2.00 bits per heavy atom. The first kappa shape index (κ1) is 22.3. The molecule has 156 valence electrons. The second-order valence-electron chi connectivity index (χ2n) is 9.73. The molecule has 2 unspecified atom stereocenters. The van der Waals surface area contributed by atoms with Crippen LogP contribution in [0.25, 0.3) is 0 Å². The third-order valence-electron chi connectivity index (χ3n) is 6.77. The van der Waals surface area contributed by atoms with Crippen molar-refractivity contribution in [3.8, 4) is 0 Å². The van der Waals surface area contributed by atoms with Crippen LogP contribution in [-0.2, 0) is 4.43 Å². The summed E-state index contributed by atoms with van der Waals surface area (Å²) in [4.78, 5) is 4.34. The SMILES string of the molecule is CC(C)(C)[Si](C)(C)OC(CC(c1ccsc1Br)n1ccnc1)C1CCCCC1. The van der Waals surface area contributed by atoms with Gasteiger partial charge in [-0.3, -0.25) is 0 Å². The number of aromatic nitrogens is 2. The van der Waals surface area contributed by atoms with Crippen LogP contribution >= 0.6 is 27.3 Å². The largest absolute Gasteiger partial charge is 0.414 e. The second kappa shape index (κ2) is 9.15. The zero-order valence-corrected chi connectivity index (χ0v) is 21.4. The van der Waals surface area contributed by atoms with Crippen molar-refractivity contribution < 1.29 is 4.43 Å². The van der Waals surface area contributed by atoms with Gasteiger partial charge in [0.1, 0.15) is 0 Å². The molecular formula is C22H35BrN2OSSi. The topological polar surface area (TPSA) is 27.1 Å². The van der Waals surface area contributed by atoms with Gasteiger partial charge in [-0.2, -0.15) is 0 Å². The Morgan fingerprint density at radius 3 is 2.54 bits per heavy atom. The Balaban J connectivity index is 1.90. The van der Waals surface area contributed by atoms with Gasteiger partial charge in [-0.25, -0.2) is 4.98 Å². The number of thiophene rings is 1. The minimum absolute atomic E-state index is 0.230. The number of nitrogens with zero attached hydrogens (tertiary/aromatic N) is 2. The standard InChI is InChI=1S/C22H35BrN2OSSi/c1-22(2,3)28(4,5)26-20(17-9-7-6-8-10-17)15-19(25-13-12-24-16-25)18-11-14-27-21(18)23/h11-14,16-17,19-20H,6-10,15H2,1-5H3. The van der Waals surface area contributed by atoms with Gasteiger partial charge in [0.25, 0.3) is 0 Å². The van der Waals surface area contributed by atoms with E-state index in [0.717, 1.165) is 6.42 Å². The highest BCUT2D eigenvalue weighted by Gasteiger charge is 2.41. The number of rotatable bonds is 7. The van der Waals surface area contributed by atoms with Crippen molar-refractivity contribution in [3.63, 3.8) is 0 Å². The predicted molar refractivity (Wildman–Crippen MR) is 126 cm³/mol. The van der Waals surface area contributed by atoms with E-state index in [2.05, 4.69) is 77.0 Å². The molecule has 2 aromatic heterocycles. The molecule has 0 saturated heterocycles. The quantitative estimate of drug-likeness (QED) is 0.378. The van der Waals surface area contributed by atoms with Gasteiger partial charge in [-0.1, -0.05) is 40.0 Å². The highest BCUT2D eigenvalue weighted by Crippen LogP contribution is 2.43. The smallest absolute Gasteiger partial charge is 0.192 e. The van der Waals surface area contributed by atoms with Crippen molar-refractivity contribution in [1.29, 1.82) is 0 Å². The maximum Gasteiger partial charge on any atom is 0.192 e. The van der Waals surface area contributed by atoms with Crippen LogP contribution in [0.1, 0.15) is 70.9 Å². The number of hydrogen-bond acceptors (Lipinski definition) is 3. The fraction of sp³-hybridized carbons (Fsp3) is 0.682. The molecule has 0 spiro atoms. The lowest BCUT2D eigenvalue weighted by molar-refractivity contribution is 0.0768. The molecule has 0 aromatic carbocycles. The van der Waals surface area contributed by atoms with E-state index in [0.29, 0.717) is 12.0 Å². The van der Waals surface area contributed by atoms with E-state index >= 15 is 0 Å². The molecule has 0 N–H and O–H groups in total. The van der Waals surface area contributed by atoms with Crippen LogP contribution in [0, 0.1) is 5.92 Å². The number of hydrogen-bond donors (Lipinski definition) is 0. The Hall–Kier alpha value is -0.433. The molecule has 0 radical (unpaired) electrons. The summed E-state index contributed by atoms with van der Waals surface area (Å²) in [5.74, 6) is 0.673. The normalized spacial score (nSPS) is 18.9. The Labute approximate surface area is 184 Å². The van der Waals surface area contributed by atoms with Crippen molar-refractivity contribution in [1.82, 2.24) is 9.55 Å². The summed E-state index contributed by atoms with van der Waals surface area (Å²) >= 11 is 5.55. The van der Waals surface area contributed by atoms with E-state index in [1.54, 1.807) is 11.3 Å². The molecule has 2 heterocycles. The van der Waals surface area contributed by atoms with Crippen LogP contribution in [0.15, 0.2) is 34.0 Å². The van der Waals surface area contributed by atoms with Crippen molar-refractivity contribution in [3.05, 3.63) is 39.5 Å². The molecular weight excluding hydrogens is 448 g/mol. The average molecular weight is 484 g/mol. The van der Waals surface area contributed by atoms with E-state index in [9.17, 15) is 0 Å². The molecule has 28 heavy (non-hydrogen) atoms. The van der Waals surface area contributed by atoms with Crippen LogP contribution in [0.5, 0.6) is 0 Å². The molecule has 1 aliphatic rings. The first-order chi connectivity index (χ1) is 13.2. The van der Waals surface area contributed by atoms with Gasteiger partial charge in [0.2, 0.25) is 0 Å². The minimum Gasteiger partial charge on any atom is -0.414 e. The fourth-order valence-corrected chi connectivity index (χ4v) is 6.82. The van der Waals surface area contributed by atoms with Crippen molar-refractivity contribution in [2.24, 2.45) is 5.92 Å². The third kappa shape index (κ3) is 5.18. The van der Waals surface area contributed by atoms with E-state index in [1.165, 1.54) is 41.5 Å². The van der Waals surface area contributed by atoms with Crippen LogP contribution in [-0.4, -0.2) is 24.0 Å². The maximum absolute atomic E-state index is 7.10. The summed E-state index contributed by atoms with van der Waals surface area (Å²) in [7, 11) is -1.84. The first-order valence-corrected chi connectivity index (χ1v) is 15.2. The molecule has 1 aliphatic carbocycles. The van der Waals surface area contributed by atoms with Crippen LogP contribution in [0.2, 0.25) is 18.1 Å². The number of imidazole rings is 1. The summed E-state index contributed by atoms with van der Waals surface area (Å²) in [6.45, 7) is 11.8. The molecule has 1 saturated carbocycles. The van der Waals surface area contributed by atoms with Gasteiger partial charge in [0.05, 0.1) is 22.3 Å². The average Bonchev–Trinajstić information content (AvgIpc) is 3.30. The summed E-state index contributed by atoms with van der Waals surface area (Å²) in [6.07, 6.45) is 13.9. The highest BCUT2D eigenvalue weighted by atomic mass is 79.9. The van der Waals surface area contributed by atoms with Crippen LogP contribution in [0.4, 0.5) is 0 Å². The zero-order chi connectivity index (χ0) is 20.4. The summed E-state index contributed by atoms with van der Waals surface area (Å²) < 4.78 is 10.6. The molecule has 6 heteroatoms. The number of halogens is 1.